The highest BCUT2D eigenvalue weighted by molar-refractivity contribution is 6.11. The SMILES string of the molecule is CCC(C)Cc1cccc(-n2c3ccccc3c3cc(-c4cccc(-n5c6ccccc6c6ccccc65)c4)ccc32)c1. The second-order valence-corrected chi connectivity index (χ2v) is 11.9. The largest absolute Gasteiger partial charge is 0.309 e. The first-order chi connectivity index (χ1) is 21.2. The summed E-state index contributed by atoms with van der Waals surface area (Å²) in [4.78, 5) is 0. The van der Waals surface area contributed by atoms with E-state index in [0.717, 1.165) is 6.42 Å². The topological polar surface area (TPSA) is 9.86 Å². The van der Waals surface area contributed by atoms with Crippen molar-refractivity contribution in [2.24, 2.45) is 5.92 Å². The smallest absolute Gasteiger partial charge is 0.0541 e. The molecule has 208 valence electrons. The Morgan fingerprint density at radius 1 is 0.465 bits per heavy atom. The van der Waals surface area contributed by atoms with Crippen LogP contribution in [0.15, 0.2) is 140 Å². The van der Waals surface area contributed by atoms with Crippen molar-refractivity contribution in [3.63, 3.8) is 0 Å². The molecule has 0 N–H and O–H groups in total. The van der Waals surface area contributed by atoms with Crippen LogP contribution < -0.4 is 0 Å². The molecular weight excluding hydrogens is 520 g/mol. The first kappa shape index (κ1) is 25.6. The number of para-hydroxylation sites is 3. The Kier molecular flexibility index (Phi) is 6.15. The molecule has 1 unspecified atom stereocenters. The zero-order chi connectivity index (χ0) is 28.9. The van der Waals surface area contributed by atoms with E-state index in [4.69, 9.17) is 0 Å². The third-order valence-corrected chi connectivity index (χ3v) is 9.14. The Morgan fingerprint density at radius 2 is 0.977 bits per heavy atom. The molecule has 0 radical (unpaired) electrons. The molecule has 0 fully saturated rings. The maximum atomic E-state index is 2.43. The Bertz CT molecular complexity index is 2230. The predicted molar refractivity (Wildman–Crippen MR) is 184 cm³/mol. The van der Waals surface area contributed by atoms with Crippen molar-refractivity contribution in [2.75, 3.05) is 0 Å². The van der Waals surface area contributed by atoms with Crippen LogP contribution in [0.2, 0.25) is 0 Å². The lowest BCUT2D eigenvalue weighted by Gasteiger charge is -2.13. The summed E-state index contributed by atoms with van der Waals surface area (Å²) in [5, 5.41) is 5.13. The lowest BCUT2D eigenvalue weighted by Crippen LogP contribution is -2.00. The van der Waals surface area contributed by atoms with Gasteiger partial charge in [-0.1, -0.05) is 105 Å². The Morgan fingerprint density at radius 3 is 1.60 bits per heavy atom. The Balaban J connectivity index is 1.28. The Labute approximate surface area is 252 Å². The number of aromatic nitrogens is 2. The van der Waals surface area contributed by atoms with Gasteiger partial charge in [0.25, 0.3) is 0 Å². The van der Waals surface area contributed by atoms with Gasteiger partial charge in [0.2, 0.25) is 0 Å². The van der Waals surface area contributed by atoms with E-state index in [1.165, 1.54) is 78.1 Å². The second kappa shape index (κ2) is 10.3. The summed E-state index contributed by atoms with van der Waals surface area (Å²) in [6, 6.07) is 51.3. The van der Waals surface area contributed by atoms with Gasteiger partial charge < -0.3 is 9.13 Å². The number of benzene rings is 6. The quantitative estimate of drug-likeness (QED) is 0.193. The zero-order valence-corrected chi connectivity index (χ0v) is 24.7. The predicted octanol–water partition coefficient (Wildman–Crippen LogP) is 11.1. The van der Waals surface area contributed by atoms with Crippen LogP contribution in [0.1, 0.15) is 25.8 Å². The van der Waals surface area contributed by atoms with E-state index in [9.17, 15) is 0 Å². The van der Waals surface area contributed by atoms with Gasteiger partial charge in [0.1, 0.15) is 0 Å². The van der Waals surface area contributed by atoms with Gasteiger partial charge in [0.05, 0.1) is 22.1 Å². The van der Waals surface area contributed by atoms with Crippen molar-refractivity contribution >= 4 is 43.6 Å². The molecule has 2 aromatic heterocycles. The van der Waals surface area contributed by atoms with Crippen LogP contribution in [0.25, 0.3) is 66.1 Å². The van der Waals surface area contributed by atoms with Crippen molar-refractivity contribution < 1.29 is 0 Å². The molecule has 0 bridgehead atoms. The van der Waals surface area contributed by atoms with Crippen LogP contribution in [-0.2, 0) is 6.42 Å². The molecule has 8 rings (SSSR count). The van der Waals surface area contributed by atoms with Gasteiger partial charge in [-0.15, -0.1) is 0 Å². The van der Waals surface area contributed by atoms with Gasteiger partial charge in [-0.3, -0.25) is 0 Å². The number of hydrogen-bond acceptors (Lipinski definition) is 0. The molecule has 43 heavy (non-hydrogen) atoms. The van der Waals surface area contributed by atoms with Gasteiger partial charge in [-0.05, 0) is 83.6 Å². The molecule has 6 aromatic carbocycles. The fourth-order valence-electron chi connectivity index (χ4n) is 6.83. The normalized spacial score (nSPS) is 12.5. The highest BCUT2D eigenvalue weighted by Gasteiger charge is 2.15. The van der Waals surface area contributed by atoms with E-state index in [-0.39, 0.29) is 0 Å². The van der Waals surface area contributed by atoms with Crippen LogP contribution in [0.3, 0.4) is 0 Å². The summed E-state index contributed by atoms with van der Waals surface area (Å²) in [7, 11) is 0. The fraction of sp³-hybridized carbons (Fsp3) is 0.122. The molecule has 8 aromatic rings. The molecule has 1 atom stereocenters. The van der Waals surface area contributed by atoms with Gasteiger partial charge in [0.15, 0.2) is 0 Å². The maximum absolute atomic E-state index is 2.43. The number of hydrogen-bond donors (Lipinski definition) is 0. The first-order valence-corrected chi connectivity index (χ1v) is 15.4. The third kappa shape index (κ3) is 4.25. The minimum Gasteiger partial charge on any atom is -0.309 e. The number of rotatable bonds is 6. The first-order valence-electron chi connectivity index (χ1n) is 15.4. The average molecular weight is 555 g/mol. The van der Waals surface area contributed by atoms with Crippen LogP contribution in [0, 0.1) is 5.92 Å². The van der Waals surface area contributed by atoms with Crippen LogP contribution in [0.4, 0.5) is 0 Å². The van der Waals surface area contributed by atoms with E-state index < -0.39 is 0 Å². The summed E-state index contributed by atoms with van der Waals surface area (Å²) in [5.41, 5.74) is 11.2. The highest BCUT2D eigenvalue weighted by atomic mass is 15.0. The van der Waals surface area contributed by atoms with Crippen molar-refractivity contribution in [3.8, 4) is 22.5 Å². The van der Waals surface area contributed by atoms with Crippen molar-refractivity contribution in [1.82, 2.24) is 9.13 Å². The fourth-order valence-corrected chi connectivity index (χ4v) is 6.83. The van der Waals surface area contributed by atoms with Crippen molar-refractivity contribution in [2.45, 2.75) is 26.7 Å². The molecule has 0 aliphatic heterocycles. The van der Waals surface area contributed by atoms with Gasteiger partial charge in [-0.2, -0.15) is 0 Å². The van der Waals surface area contributed by atoms with Gasteiger partial charge in [-0.25, -0.2) is 0 Å². The van der Waals surface area contributed by atoms with E-state index in [1.54, 1.807) is 0 Å². The minimum absolute atomic E-state index is 0.675. The van der Waals surface area contributed by atoms with Crippen LogP contribution in [-0.4, -0.2) is 9.13 Å². The van der Waals surface area contributed by atoms with Crippen LogP contribution >= 0.6 is 0 Å². The third-order valence-electron chi connectivity index (χ3n) is 9.14. The minimum atomic E-state index is 0.675. The van der Waals surface area contributed by atoms with Gasteiger partial charge >= 0.3 is 0 Å². The van der Waals surface area contributed by atoms with E-state index >= 15 is 0 Å². The van der Waals surface area contributed by atoms with Gasteiger partial charge in [0, 0.05) is 32.9 Å². The van der Waals surface area contributed by atoms with Crippen molar-refractivity contribution in [3.05, 3.63) is 145 Å². The average Bonchev–Trinajstić information content (AvgIpc) is 3.57. The highest BCUT2D eigenvalue weighted by Crippen LogP contribution is 2.37. The second-order valence-electron chi connectivity index (χ2n) is 11.9. The monoisotopic (exact) mass is 554 g/mol. The molecular formula is C41H34N2. The maximum Gasteiger partial charge on any atom is 0.0541 e. The molecule has 2 heterocycles. The lowest BCUT2D eigenvalue weighted by atomic mass is 9.98. The number of fused-ring (bicyclic) bond motifs is 6. The molecule has 0 spiro atoms. The van der Waals surface area contributed by atoms with Crippen molar-refractivity contribution in [1.29, 1.82) is 0 Å². The van der Waals surface area contributed by atoms with Crippen LogP contribution in [0.5, 0.6) is 0 Å². The molecule has 2 nitrogen and oxygen atoms in total. The molecule has 0 saturated carbocycles. The molecule has 0 aliphatic carbocycles. The van der Waals surface area contributed by atoms with E-state index in [0.29, 0.717) is 5.92 Å². The Hall–Kier alpha value is -5.08. The zero-order valence-electron chi connectivity index (χ0n) is 24.7. The number of nitrogens with zero attached hydrogens (tertiary/aromatic N) is 2. The lowest BCUT2D eigenvalue weighted by molar-refractivity contribution is 0.560. The molecule has 0 amide bonds. The summed E-state index contributed by atoms with van der Waals surface area (Å²) in [6.07, 6.45) is 2.30. The molecule has 0 saturated heterocycles. The molecule has 2 heteroatoms. The summed E-state index contributed by atoms with van der Waals surface area (Å²) >= 11 is 0. The molecule has 0 aliphatic rings. The summed E-state index contributed by atoms with van der Waals surface area (Å²) in [6.45, 7) is 4.61. The van der Waals surface area contributed by atoms with E-state index in [1.807, 2.05) is 0 Å². The summed E-state index contributed by atoms with van der Waals surface area (Å²) < 4.78 is 4.83. The summed E-state index contributed by atoms with van der Waals surface area (Å²) in [5.74, 6) is 0.675. The van der Waals surface area contributed by atoms with E-state index in [2.05, 4.69) is 163 Å². The standard InChI is InChI=1S/C41H34N2/c1-3-28(2)24-29-12-10-14-32(25-29)42-40-21-9-6-18-36(40)37-27-31(22-23-41(37)42)30-13-11-15-33(26-30)43-38-19-7-4-16-34(38)35-17-5-8-20-39(35)43/h4-23,25-28H,3,24H2,1-2H3.